The number of hydrogen-bond donors (Lipinski definition) is 0. The van der Waals surface area contributed by atoms with E-state index < -0.39 is 9.84 Å². The van der Waals surface area contributed by atoms with Crippen LogP contribution in [0.25, 0.3) is 0 Å². The van der Waals surface area contributed by atoms with Crippen LogP contribution >= 0.6 is 0 Å². The Morgan fingerprint density at radius 2 is 1.80 bits per heavy atom. The smallest absolute Gasteiger partial charge is 0.150 e. The molecule has 0 aliphatic carbocycles. The fraction of sp³-hybridized carbons (Fsp3) is 1.00. The molecule has 60 valence electrons. The minimum absolute atomic E-state index is 0.360. The largest absolute Gasteiger partial charge is 0.229 e. The molecule has 1 heterocycles. The van der Waals surface area contributed by atoms with Crippen LogP contribution in [0.2, 0.25) is 0 Å². The van der Waals surface area contributed by atoms with Crippen LogP contribution in [0.4, 0.5) is 0 Å². The maximum absolute atomic E-state index is 11.0. The van der Waals surface area contributed by atoms with Crippen LogP contribution in [0.15, 0.2) is 0 Å². The van der Waals surface area contributed by atoms with Gasteiger partial charge in [-0.1, -0.05) is 13.8 Å². The summed E-state index contributed by atoms with van der Waals surface area (Å²) in [6.45, 7) is 4.14. The molecule has 0 bridgehead atoms. The van der Waals surface area contributed by atoms with Gasteiger partial charge >= 0.3 is 0 Å². The average molecular weight is 162 g/mol. The SMILES string of the molecule is C[C@@H]1CCS(=O)(=O)C[C@@H]1C. The third-order valence-electron chi connectivity index (χ3n) is 2.37. The van der Waals surface area contributed by atoms with Crippen molar-refractivity contribution in [2.45, 2.75) is 20.3 Å². The summed E-state index contributed by atoms with van der Waals surface area (Å²) in [6, 6.07) is 0. The van der Waals surface area contributed by atoms with E-state index >= 15 is 0 Å². The van der Waals surface area contributed by atoms with E-state index in [0.29, 0.717) is 23.3 Å². The molecule has 2 nitrogen and oxygen atoms in total. The molecule has 0 spiro atoms. The molecule has 0 radical (unpaired) electrons. The third-order valence-corrected chi connectivity index (χ3v) is 4.26. The van der Waals surface area contributed by atoms with E-state index in [9.17, 15) is 8.42 Å². The van der Waals surface area contributed by atoms with Crippen LogP contribution in [0, 0.1) is 11.8 Å². The molecule has 3 heteroatoms. The van der Waals surface area contributed by atoms with E-state index in [-0.39, 0.29) is 0 Å². The molecule has 2 atom stereocenters. The maximum atomic E-state index is 11.0. The lowest BCUT2D eigenvalue weighted by Crippen LogP contribution is -2.29. The minimum Gasteiger partial charge on any atom is -0.229 e. The molecule has 0 aromatic rings. The molecule has 0 aromatic heterocycles. The van der Waals surface area contributed by atoms with Gasteiger partial charge in [-0.25, -0.2) is 8.42 Å². The van der Waals surface area contributed by atoms with Crippen LogP contribution in [0.3, 0.4) is 0 Å². The van der Waals surface area contributed by atoms with Gasteiger partial charge in [0.15, 0.2) is 9.84 Å². The van der Waals surface area contributed by atoms with Crippen molar-refractivity contribution in [3.8, 4) is 0 Å². The average Bonchev–Trinajstić information content (AvgIpc) is 1.79. The van der Waals surface area contributed by atoms with E-state index in [1.165, 1.54) is 0 Å². The third kappa shape index (κ3) is 1.72. The highest BCUT2D eigenvalue weighted by Gasteiger charge is 2.26. The zero-order chi connectivity index (χ0) is 7.78. The van der Waals surface area contributed by atoms with Crippen molar-refractivity contribution in [2.75, 3.05) is 11.5 Å². The van der Waals surface area contributed by atoms with Gasteiger partial charge in [-0.15, -0.1) is 0 Å². The van der Waals surface area contributed by atoms with Crippen LogP contribution < -0.4 is 0 Å². The van der Waals surface area contributed by atoms with Gasteiger partial charge in [0.25, 0.3) is 0 Å². The first kappa shape index (κ1) is 8.05. The van der Waals surface area contributed by atoms with E-state index in [0.717, 1.165) is 6.42 Å². The molecule has 10 heavy (non-hydrogen) atoms. The van der Waals surface area contributed by atoms with Gasteiger partial charge in [-0.2, -0.15) is 0 Å². The zero-order valence-electron chi connectivity index (χ0n) is 6.50. The number of rotatable bonds is 0. The zero-order valence-corrected chi connectivity index (χ0v) is 7.32. The summed E-state index contributed by atoms with van der Waals surface area (Å²) >= 11 is 0. The van der Waals surface area contributed by atoms with Gasteiger partial charge in [-0.05, 0) is 18.3 Å². The summed E-state index contributed by atoms with van der Waals surface area (Å²) in [5.74, 6) is 1.74. The Bertz CT molecular complexity index is 206. The minimum atomic E-state index is -2.66. The van der Waals surface area contributed by atoms with E-state index in [4.69, 9.17) is 0 Å². The standard InChI is InChI=1S/C7H14O2S/c1-6-3-4-10(8,9)5-7(6)2/h6-7H,3-5H2,1-2H3/t6-,7+/m1/s1. The molecule has 0 aromatic carbocycles. The van der Waals surface area contributed by atoms with E-state index in [1.807, 2.05) is 6.92 Å². The summed E-state index contributed by atoms with van der Waals surface area (Å²) in [5.41, 5.74) is 0. The molecule has 1 rings (SSSR count). The lowest BCUT2D eigenvalue weighted by Gasteiger charge is -2.24. The van der Waals surface area contributed by atoms with Crippen molar-refractivity contribution < 1.29 is 8.42 Å². The second-order valence-corrected chi connectivity index (χ2v) is 5.59. The van der Waals surface area contributed by atoms with Crippen molar-refractivity contribution in [2.24, 2.45) is 11.8 Å². The van der Waals surface area contributed by atoms with Crippen molar-refractivity contribution in [3.63, 3.8) is 0 Å². The second kappa shape index (κ2) is 2.53. The molecule has 0 N–H and O–H groups in total. The first-order valence-corrected chi connectivity index (χ1v) is 5.54. The van der Waals surface area contributed by atoms with Crippen molar-refractivity contribution >= 4 is 9.84 Å². The quantitative estimate of drug-likeness (QED) is 0.534. The lowest BCUT2D eigenvalue weighted by molar-refractivity contribution is 0.388. The molecule has 1 fully saturated rings. The van der Waals surface area contributed by atoms with Gasteiger partial charge in [-0.3, -0.25) is 0 Å². The van der Waals surface area contributed by atoms with Crippen LogP contribution in [0.5, 0.6) is 0 Å². The molecular weight excluding hydrogens is 148 g/mol. The van der Waals surface area contributed by atoms with Gasteiger partial charge in [0, 0.05) is 0 Å². The van der Waals surface area contributed by atoms with Gasteiger partial charge in [0.05, 0.1) is 11.5 Å². The fourth-order valence-electron chi connectivity index (χ4n) is 1.30. The van der Waals surface area contributed by atoms with Gasteiger partial charge in [0.2, 0.25) is 0 Å². The second-order valence-electron chi connectivity index (χ2n) is 3.36. The molecule has 0 saturated carbocycles. The summed E-state index contributed by atoms with van der Waals surface area (Å²) in [4.78, 5) is 0. The summed E-state index contributed by atoms with van der Waals surface area (Å²) in [6.07, 6.45) is 0.851. The summed E-state index contributed by atoms with van der Waals surface area (Å²) < 4.78 is 22.0. The normalized spacial score (nSPS) is 39.4. The highest BCUT2D eigenvalue weighted by Crippen LogP contribution is 2.23. The Labute approximate surface area is 62.5 Å². The van der Waals surface area contributed by atoms with Crippen molar-refractivity contribution in [3.05, 3.63) is 0 Å². The van der Waals surface area contributed by atoms with Crippen molar-refractivity contribution in [1.82, 2.24) is 0 Å². The Morgan fingerprint density at radius 3 is 2.20 bits per heavy atom. The van der Waals surface area contributed by atoms with Crippen LogP contribution in [-0.2, 0) is 9.84 Å². The van der Waals surface area contributed by atoms with Crippen LogP contribution in [0.1, 0.15) is 20.3 Å². The predicted octanol–water partition coefficient (Wildman–Crippen LogP) is 1.08. The molecule has 0 amide bonds. The first-order chi connectivity index (χ1) is 4.51. The number of sulfone groups is 1. The molecular formula is C7H14O2S. The molecule has 0 unspecified atom stereocenters. The molecule has 1 saturated heterocycles. The topological polar surface area (TPSA) is 34.1 Å². The lowest BCUT2D eigenvalue weighted by atomic mass is 9.95. The Balaban J connectivity index is 2.66. The van der Waals surface area contributed by atoms with Crippen LogP contribution in [-0.4, -0.2) is 19.9 Å². The fourth-order valence-corrected chi connectivity index (χ4v) is 3.33. The summed E-state index contributed by atoms with van der Waals surface area (Å²) in [7, 11) is -2.66. The summed E-state index contributed by atoms with van der Waals surface area (Å²) in [5, 5.41) is 0. The highest BCUT2D eigenvalue weighted by molar-refractivity contribution is 7.91. The predicted molar refractivity (Wildman–Crippen MR) is 41.6 cm³/mol. The molecule has 1 aliphatic rings. The highest BCUT2D eigenvalue weighted by atomic mass is 32.2. The van der Waals surface area contributed by atoms with E-state index in [2.05, 4.69) is 6.92 Å². The Kier molecular flexibility index (Phi) is 2.04. The molecule has 1 aliphatic heterocycles. The van der Waals surface area contributed by atoms with E-state index in [1.54, 1.807) is 0 Å². The van der Waals surface area contributed by atoms with Gasteiger partial charge in [0.1, 0.15) is 0 Å². The van der Waals surface area contributed by atoms with Crippen molar-refractivity contribution in [1.29, 1.82) is 0 Å². The van der Waals surface area contributed by atoms with Gasteiger partial charge < -0.3 is 0 Å². The monoisotopic (exact) mass is 162 g/mol. The first-order valence-electron chi connectivity index (χ1n) is 3.72. The Morgan fingerprint density at radius 1 is 1.20 bits per heavy atom. The maximum Gasteiger partial charge on any atom is 0.150 e. The number of hydrogen-bond acceptors (Lipinski definition) is 2. The Hall–Kier alpha value is -0.0500.